The lowest BCUT2D eigenvalue weighted by Crippen LogP contribution is -2.30. The Hall–Kier alpha value is -2.08. The lowest BCUT2D eigenvalue weighted by atomic mass is 10.1. The first-order valence-corrected chi connectivity index (χ1v) is 11.0. The number of hydrogen-bond donors (Lipinski definition) is 0. The van der Waals surface area contributed by atoms with E-state index in [2.05, 4.69) is 0 Å². The predicted octanol–water partition coefficient (Wildman–Crippen LogP) is 4.79. The third-order valence-electron chi connectivity index (χ3n) is 4.50. The average Bonchev–Trinajstić information content (AvgIpc) is 3.20. The van der Waals surface area contributed by atoms with E-state index < -0.39 is 10.0 Å². The van der Waals surface area contributed by atoms with Crippen molar-refractivity contribution in [1.29, 1.82) is 0 Å². The zero-order chi connectivity index (χ0) is 18.0. The van der Waals surface area contributed by atoms with Gasteiger partial charge in [0.2, 0.25) is 10.0 Å². The molecule has 26 heavy (non-hydrogen) atoms. The number of benzene rings is 3. The number of sulfonamides is 1. The summed E-state index contributed by atoms with van der Waals surface area (Å²) in [7, 11) is -3.52. The highest BCUT2D eigenvalue weighted by atomic mass is 32.2. The normalized spacial score (nSPS) is 18.1. The Balaban J connectivity index is 1.64. The van der Waals surface area contributed by atoms with Crippen LogP contribution in [0.15, 0.2) is 89.8 Å². The van der Waals surface area contributed by atoms with E-state index >= 15 is 0 Å². The minimum absolute atomic E-state index is 0.157. The molecule has 1 saturated heterocycles. The molecule has 132 valence electrons. The number of hydrogen-bond acceptors (Lipinski definition) is 3. The van der Waals surface area contributed by atoms with Gasteiger partial charge in [0.05, 0.1) is 10.3 Å². The molecule has 3 aromatic carbocycles. The maximum Gasteiger partial charge on any atom is 0.244 e. The molecule has 4 rings (SSSR count). The quantitative estimate of drug-likeness (QED) is 0.652. The maximum atomic E-state index is 13.2. The molecule has 1 aliphatic heterocycles. The van der Waals surface area contributed by atoms with Crippen LogP contribution in [-0.2, 0) is 10.0 Å². The van der Waals surface area contributed by atoms with Crippen molar-refractivity contribution in [3.63, 3.8) is 0 Å². The fourth-order valence-corrected chi connectivity index (χ4v) is 6.41. The average molecular weight is 382 g/mol. The number of thioether (sulfide) groups is 1. The summed E-state index contributed by atoms with van der Waals surface area (Å²) in [5.41, 5.74) is 3.12. The molecule has 1 fully saturated rings. The Morgan fingerprint density at radius 1 is 0.769 bits per heavy atom. The highest BCUT2D eigenvalue weighted by Gasteiger charge is 2.36. The Bertz CT molecular complexity index is 972. The van der Waals surface area contributed by atoms with Gasteiger partial charge in [-0.25, -0.2) is 8.42 Å². The first kappa shape index (κ1) is 17.3. The van der Waals surface area contributed by atoms with Crippen molar-refractivity contribution >= 4 is 21.8 Å². The summed E-state index contributed by atoms with van der Waals surface area (Å²) in [6, 6.07) is 27.0. The maximum absolute atomic E-state index is 13.2. The van der Waals surface area contributed by atoms with E-state index in [1.165, 1.54) is 0 Å². The Kier molecular flexibility index (Phi) is 4.85. The van der Waals surface area contributed by atoms with Crippen LogP contribution in [0.1, 0.15) is 10.9 Å². The molecule has 0 aliphatic carbocycles. The second-order valence-electron chi connectivity index (χ2n) is 6.14. The summed E-state index contributed by atoms with van der Waals surface area (Å²) in [6.07, 6.45) is 0. The third kappa shape index (κ3) is 3.30. The minimum atomic E-state index is -3.52. The van der Waals surface area contributed by atoms with Crippen LogP contribution >= 0.6 is 11.8 Å². The molecule has 1 unspecified atom stereocenters. The van der Waals surface area contributed by atoms with Crippen molar-refractivity contribution in [2.75, 3.05) is 12.3 Å². The zero-order valence-corrected chi connectivity index (χ0v) is 15.8. The standard InChI is InChI=1S/C21H19NO2S2/c23-26(24,22-15-16-25-21(22)19-9-5-2-6-10-19)20-13-11-18(12-14-20)17-7-3-1-4-8-17/h1-14,21H,15-16H2. The lowest BCUT2D eigenvalue weighted by molar-refractivity contribution is 0.434. The highest BCUT2D eigenvalue weighted by Crippen LogP contribution is 2.41. The van der Waals surface area contributed by atoms with Crippen LogP contribution in [-0.4, -0.2) is 25.0 Å². The molecule has 0 aromatic heterocycles. The molecule has 0 bridgehead atoms. The van der Waals surface area contributed by atoms with Gasteiger partial charge in [-0.15, -0.1) is 11.8 Å². The van der Waals surface area contributed by atoms with Gasteiger partial charge in [-0.1, -0.05) is 72.8 Å². The lowest BCUT2D eigenvalue weighted by Gasteiger charge is -2.23. The van der Waals surface area contributed by atoms with E-state index in [-0.39, 0.29) is 5.37 Å². The molecule has 1 atom stereocenters. The number of rotatable bonds is 4. The van der Waals surface area contributed by atoms with Gasteiger partial charge in [-0.2, -0.15) is 4.31 Å². The van der Waals surface area contributed by atoms with E-state index in [1.54, 1.807) is 28.2 Å². The van der Waals surface area contributed by atoms with Crippen LogP contribution in [0.3, 0.4) is 0 Å². The van der Waals surface area contributed by atoms with Gasteiger partial charge in [0.15, 0.2) is 0 Å². The topological polar surface area (TPSA) is 37.4 Å². The summed E-state index contributed by atoms with van der Waals surface area (Å²) < 4.78 is 28.0. The summed E-state index contributed by atoms with van der Waals surface area (Å²) in [4.78, 5) is 0.348. The molecule has 5 heteroatoms. The van der Waals surface area contributed by atoms with E-state index in [0.717, 1.165) is 22.4 Å². The van der Waals surface area contributed by atoms with Gasteiger partial charge >= 0.3 is 0 Å². The van der Waals surface area contributed by atoms with Gasteiger partial charge in [-0.05, 0) is 28.8 Å². The first-order valence-electron chi connectivity index (χ1n) is 8.50. The van der Waals surface area contributed by atoms with E-state index in [4.69, 9.17) is 0 Å². The Morgan fingerprint density at radius 3 is 2.00 bits per heavy atom. The number of nitrogens with zero attached hydrogens (tertiary/aromatic N) is 1. The zero-order valence-electron chi connectivity index (χ0n) is 14.2. The summed E-state index contributed by atoms with van der Waals surface area (Å²) in [5, 5.41) is -0.157. The van der Waals surface area contributed by atoms with Crippen LogP contribution in [0.4, 0.5) is 0 Å². The van der Waals surface area contributed by atoms with Crippen molar-refractivity contribution in [2.24, 2.45) is 0 Å². The molecular weight excluding hydrogens is 362 g/mol. The van der Waals surface area contributed by atoms with Gasteiger partial charge < -0.3 is 0 Å². The van der Waals surface area contributed by atoms with Crippen LogP contribution in [0.2, 0.25) is 0 Å². The van der Waals surface area contributed by atoms with Crippen molar-refractivity contribution in [2.45, 2.75) is 10.3 Å². The van der Waals surface area contributed by atoms with Crippen LogP contribution in [0.25, 0.3) is 11.1 Å². The van der Waals surface area contributed by atoms with E-state index in [1.807, 2.05) is 72.8 Å². The molecule has 1 aliphatic rings. The van der Waals surface area contributed by atoms with Crippen molar-refractivity contribution in [3.05, 3.63) is 90.5 Å². The van der Waals surface area contributed by atoms with Crippen LogP contribution < -0.4 is 0 Å². The van der Waals surface area contributed by atoms with Gasteiger partial charge in [-0.3, -0.25) is 0 Å². The largest absolute Gasteiger partial charge is 0.244 e. The molecule has 3 nitrogen and oxygen atoms in total. The molecule has 0 saturated carbocycles. The van der Waals surface area contributed by atoms with E-state index in [0.29, 0.717) is 11.4 Å². The van der Waals surface area contributed by atoms with Crippen molar-refractivity contribution < 1.29 is 8.42 Å². The highest BCUT2D eigenvalue weighted by molar-refractivity contribution is 8.01. The van der Waals surface area contributed by atoms with Gasteiger partial charge in [0, 0.05) is 12.3 Å². The van der Waals surface area contributed by atoms with Crippen molar-refractivity contribution in [3.8, 4) is 11.1 Å². The molecule has 0 radical (unpaired) electrons. The smallest absolute Gasteiger partial charge is 0.207 e. The molecule has 0 spiro atoms. The second kappa shape index (κ2) is 7.27. The first-order chi connectivity index (χ1) is 12.7. The molecule has 3 aromatic rings. The fourth-order valence-electron chi connectivity index (χ4n) is 3.17. The summed E-state index contributed by atoms with van der Waals surface area (Å²) in [5.74, 6) is 0.806. The van der Waals surface area contributed by atoms with Crippen LogP contribution in [0.5, 0.6) is 0 Å². The Morgan fingerprint density at radius 2 is 1.35 bits per heavy atom. The fraction of sp³-hybridized carbons (Fsp3) is 0.143. The predicted molar refractivity (Wildman–Crippen MR) is 107 cm³/mol. The third-order valence-corrected chi connectivity index (χ3v) is 7.77. The van der Waals surface area contributed by atoms with E-state index in [9.17, 15) is 8.42 Å². The molecule has 1 heterocycles. The second-order valence-corrected chi connectivity index (χ2v) is 9.22. The van der Waals surface area contributed by atoms with Crippen molar-refractivity contribution in [1.82, 2.24) is 4.31 Å². The van der Waals surface area contributed by atoms with Gasteiger partial charge in [0.1, 0.15) is 0 Å². The SMILES string of the molecule is O=S(=O)(c1ccc(-c2ccccc2)cc1)N1CCSC1c1ccccc1. The molecular formula is C21H19NO2S2. The molecule has 0 amide bonds. The van der Waals surface area contributed by atoms with Crippen LogP contribution in [0, 0.1) is 0 Å². The minimum Gasteiger partial charge on any atom is -0.207 e. The summed E-state index contributed by atoms with van der Waals surface area (Å²) in [6.45, 7) is 0.535. The molecule has 0 N–H and O–H groups in total. The summed E-state index contributed by atoms with van der Waals surface area (Å²) >= 11 is 1.67. The van der Waals surface area contributed by atoms with Gasteiger partial charge in [0.25, 0.3) is 0 Å². The Labute approximate surface area is 158 Å². The monoisotopic (exact) mass is 381 g/mol.